The van der Waals surface area contributed by atoms with E-state index in [1.54, 1.807) is 48.5 Å². The van der Waals surface area contributed by atoms with Crippen molar-refractivity contribution < 1.29 is 9.59 Å². The quantitative estimate of drug-likeness (QED) is 0.618. The minimum Gasteiger partial charge on any atom is -0.326 e. The fraction of sp³-hybridized carbons (Fsp3) is 0.167. The first-order valence-electron chi connectivity index (χ1n) is 7.57. The Morgan fingerprint density at radius 1 is 1.08 bits per heavy atom. The second-order valence-electron chi connectivity index (χ2n) is 5.13. The molecule has 2 N–H and O–H groups in total. The number of hydrazone groups is 1. The molecule has 0 saturated carbocycles. The maximum Gasteiger partial charge on any atom is 0.271 e. The molecule has 5 nitrogen and oxygen atoms in total. The van der Waals surface area contributed by atoms with Gasteiger partial charge in [-0.2, -0.15) is 5.10 Å². The van der Waals surface area contributed by atoms with Crippen molar-refractivity contribution in [3.8, 4) is 0 Å². The van der Waals surface area contributed by atoms with E-state index in [1.807, 2.05) is 6.92 Å². The highest BCUT2D eigenvalue weighted by molar-refractivity contribution is 6.30. The van der Waals surface area contributed by atoms with Crippen molar-refractivity contribution >= 4 is 35.3 Å². The molecule has 2 rings (SSSR count). The Bertz CT molecular complexity index is 725. The van der Waals surface area contributed by atoms with Gasteiger partial charge in [0, 0.05) is 22.7 Å². The van der Waals surface area contributed by atoms with Crippen molar-refractivity contribution in [2.24, 2.45) is 5.10 Å². The molecule has 2 aromatic carbocycles. The summed E-state index contributed by atoms with van der Waals surface area (Å²) < 4.78 is 0. The lowest BCUT2D eigenvalue weighted by molar-refractivity contribution is -0.116. The largest absolute Gasteiger partial charge is 0.326 e. The molecule has 0 aliphatic heterocycles. The monoisotopic (exact) mass is 343 g/mol. The van der Waals surface area contributed by atoms with Gasteiger partial charge in [-0.3, -0.25) is 9.59 Å². The molecule has 0 atom stereocenters. The maximum atomic E-state index is 12.0. The highest BCUT2D eigenvalue weighted by atomic mass is 35.5. The SMILES string of the molecule is CCCC(=O)Nc1ccc(C(=O)N/N=C/c2ccc(Cl)cc2)cc1. The van der Waals surface area contributed by atoms with E-state index in [4.69, 9.17) is 11.6 Å². The molecule has 0 heterocycles. The zero-order chi connectivity index (χ0) is 17.4. The van der Waals surface area contributed by atoms with Gasteiger partial charge in [0.25, 0.3) is 5.91 Å². The summed E-state index contributed by atoms with van der Waals surface area (Å²) in [5, 5.41) is 7.31. The molecule has 0 unspecified atom stereocenters. The molecule has 0 aliphatic carbocycles. The van der Waals surface area contributed by atoms with Gasteiger partial charge in [0.15, 0.2) is 0 Å². The molecule has 0 saturated heterocycles. The number of hydrogen-bond donors (Lipinski definition) is 2. The van der Waals surface area contributed by atoms with E-state index < -0.39 is 0 Å². The van der Waals surface area contributed by atoms with Gasteiger partial charge in [-0.15, -0.1) is 0 Å². The molecule has 0 aromatic heterocycles. The highest BCUT2D eigenvalue weighted by Gasteiger charge is 2.05. The molecule has 0 aliphatic rings. The summed E-state index contributed by atoms with van der Waals surface area (Å²) in [6.07, 6.45) is 2.80. The van der Waals surface area contributed by atoms with Crippen LogP contribution in [0.5, 0.6) is 0 Å². The number of nitrogens with zero attached hydrogens (tertiary/aromatic N) is 1. The number of carbonyl (C=O) groups excluding carboxylic acids is 2. The Kier molecular flexibility index (Phi) is 6.51. The fourth-order valence-electron chi connectivity index (χ4n) is 1.93. The van der Waals surface area contributed by atoms with E-state index in [-0.39, 0.29) is 11.8 Å². The number of rotatable bonds is 6. The number of carbonyl (C=O) groups is 2. The number of hydrogen-bond acceptors (Lipinski definition) is 3. The molecule has 0 spiro atoms. The number of amides is 2. The second kappa shape index (κ2) is 8.84. The third-order valence-electron chi connectivity index (χ3n) is 3.16. The van der Waals surface area contributed by atoms with Crippen LogP contribution in [0.3, 0.4) is 0 Å². The Hall–Kier alpha value is -2.66. The molecular formula is C18H18ClN3O2. The topological polar surface area (TPSA) is 70.6 Å². The van der Waals surface area contributed by atoms with Crippen LogP contribution in [0.4, 0.5) is 5.69 Å². The normalized spacial score (nSPS) is 10.6. The van der Waals surface area contributed by atoms with Crippen LogP contribution in [0.25, 0.3) is 0 Å². The molecule has 6 heteroatoms. The molecular weight excluding hydrogens is 326 g/mol. The summed E-state index contributed by atoms with van der Waals surface area (Å²) in [6.45, 7) is 1.94. The van der Waals surface area contributed by atoms with Crippen molar-refractivity contribution in [1.29, 1.82) is 0 Å². The minimum atomic E-state index is -0.327. The van der Waals surface area contributed by atoms with Crippen molar-refractivity contribution in [2.75, 3.05) is 5.32 Å². The van der Waals surface area contributed by atoms with Crippen LogP contribution in [-0.4, -0.2) is 18.0 Å². The van der Waals surface area contributed by atoms with E-state index in [9.17, 15) is 9.59 Å². The zero-order valence-electron chi connectivity index (χ0n) is 13.3. The maximum absolute atomic E-state index is 12.0. The van der Waals surface area contributed by atoms with Gasteiger partial charge >= 0.3 is 0 Å². The van der Waals surface area contributed by atoms with Gasteiger partial charge in [0.1, 0.15) is 0 Å². The van der Waals surface area contributed by atoms with Crippen LogP contribution in [0.1, 0.15) is 35.7 Å². The number of benzene rings is 2. The van der Waals surface area contributed by atoms with E-state index in [1.165, 1.54) is 6.21 Å². The summed E-state index contributed by atoms with van der Waals surface area (Å²) in [4.78, 5) is 23.5. The third kappa shape index (κ3) is 5.52. The van der Waals surface area contributed by atoms with E-state index in [2.05, 4.69) is 15.8 Å². The van der Waals surface area contributed by atoms with Gasteiger partial charge in [0.2, 0.25) is 5.91 Å². The first-order chi connectivity index (χ1) is 11.6. The van der Waals surface area contributed by atoms with Gasteiger partial charge < -0.3 is 5.32 Å². The molecule has 0 fully saturated rings. The van der Waals surface area contributed by atoms with Crippen LogP contribution in [0, 0.1) is 0 Å². The molecule has 124 valence electrons. The average Bonchev–Trinajstić information content (AvgIpc) is 2.57. The predicted octanol–water partition coefficient (Wildman–Crippen LogP) is 3.84. The van der Waals surface area contributed by atoms with Crippen LogP contribution in [-0.2, 0) is 4.79 Å². The number of anilines is 1. The molecule has 0 bridgehead atoms. The summed E-state index contributed by atoms with van der Waals surface area (Å²) in [7, 11) is 0. The van der Waals surface area contributed by atoms with Crippen LogP contribution < -0.4 is 10.7 Å². The van der Waals surface area contributed by atoms with Crippen LogP contribution >= 0.6 is 11.6 Å². The predicted molar refractivity (Wildman–Crippen MR) is 96.5 cm³/mol. The van der Waals surface area contributed by atoms with E-state index in [0.717, 1.165) is 12.0 Å². The van der Waals surface area contributed by atoms with Gasteiger partial charge in [-0.05, 0) is 48.4 Å². The Morgan fingerprint density at radius 3 is 2.38 bits per heavy atom. The standard InChI is InChI=1S/C18H18ClN3O2/c1-2-3-17(23)21-16-10-6-14(7-11-16)18(24)22-20-12-13-4-8-15(19)9-5-13/h4-12H,2-3H2,1H3,(H,21,23)(H,22,24)/b20-12+. The number of nitrogens with one attached hydrogen (secondary N) is 2. The summed E-state index contributed by atoms with van der Waals surface area (Å²) in [5.41, 5.74) is 4.40. The van der Waals surface area contributed by atoms with Crippen LogP contribution in [0.15, 0.2) is 53.6 Å². The molecule has 24 heavy (non-hydrogen) atoms. The molecule has 0 radical (unpaired) electrons. The summed E-state index contributed by atoms with van der Waals surface area (Å²) >= 11 is 5.80. The van der Waals surface area contributed by atoms with Crippen molar-refractivity contribution in [3.63, 3.8) is 0 Å². The Labute approximate surface area is 145 Å². The second-order valence-corrected chi connectivity index (χ2v) is 5.56. The van der Waals surface area contributed by atoms with Crippen molar-refractivity contribution in [1.82, 2.24) is 5.43 Å². The summed E-state index contributed by atoms with van der Waals surface area (Å²) in [6, 6.07) is 13.7. The minimum absolute atomic E-state index is 0.0396. The number of halogens is 1. The lowest BCUT2D eigenvalue weighted by Crippen LogP contribution is -2.17. The zero-order valence-corrected chi connectivity index (χ0v) is 14.0. The smallest absolute Gasteiger partial charge is 0.271 e. The lowest BCUT2D eigenvalue weighted by atomic mass is 10.2. The molecule has 2 aromatic rings. The third-order valence-corrected chi connectivity index (χ3v) is 3.41. The lowest BCUT2D eigenvalue weighted by Gasteiger charge is -2.05. The fourth-order valence-corrected chi connectivity index (χ4v) is 2.06. The van der Waals surface area contributed by atoms with E-state index in [0.29, 0.717) is 22.7 Å². The van der Waals surface area contributed by atoms with Gasteiger partial charge in [-0.25, -0.2) is 5.43 Å². The van der Waals surface area contributed by atoms with Gasteiger partial charge in [-0.1, -0.05) is 30.7 Å². The summed E-state index contributed by atoms with van der Waals surface area (Å²) in [5.74, 6) is -0.367. The molecule has 2 amide bonds. The first kappa shape index (κ1) is 17.7. The first-order valence-corrected chi connectivity index (χ1v) is 7.95. The van der Waals surface area contributed by atoms with Crippen molar-refractivity contribution in [2.45, 2.75) is 19.8 Å². The highest BCUT2D eigenvalue weighted by Crippen LogP contribution is 2.10. The van der Waals surface area contributed by atoms with Crippen molar-refractivity contribution in [3.05, 3.63) is 64.7 Å². The van der Waals surface area contributed by atoms with Crippen LogP contribution in [0.2, 0.25) is 5.02 Å². The average molecular weight is 344 g/mol. The Balaban J connectivity index is 1.90. The van der Waals surface area contributed by atoms with E-state index >= 15 is 0 Å². The van der Waals surface area contributed by atoms with Gasteiger partial charge in [0.05, 0.1) is 6.21 Å². The Morgan fingerprint density at radius 2 is 1.75 bits per heavy atom.